The van der Waals surface area contributed by atoms with Crippen LogP contribution >= 0.6 is 0 Å². The molecule has 1 atom stereocenters. The zero-order valence-corrected chi connectivity index (χ0v) is 8.67. The maximum atomic E-state index is 10.4. The van der Waals surface area contributed by atoms with Gasteiger partial charge in [-0.1, -0.05) is 0 Å². The Hall–Kier alpha value is -1.69. The zero-order chi connectivity index (χ0) is 11.4. The number of hydrogen-bond donors (Lipinski definition) is 0. The SMILES string of the molecule is O=[N+]([O-])c1ccc(OCC2CCCO2)nc1. The average molecular weight is 224 g/mol. The van der Waals surface area contributed by atoms with Crippen molar-refractivity contribution in [1.82, 2.24) is 4.98 Å². The monoisotopic (exact) mass is 224 g/mol. The molecule has 86 valence electrons. The van der Waals surface area contributed by atoms with E-state index in [9.17, 15) is 10.1 Å². The van der Waals surface area contributed by atoms with Gasteiger partial charge in [0.15, 0.2) is 0 Å². The van der Waals surface area contributed by atoms with E-state index in [0.29, 0.717) is 12.5 Å². The highest BCUT2D eigenvalue weighted by molar-refractivity contribution is 5.28. The Morgan fingerprint density at radius 1 is 1.62 bits per heavy atom. The molecule has 2 heterocycles. The van der Waals surface area contributed by atoms with Gasteiger partial charge in [-0.3, -0.25) is 10.1 Å². The largest absolute Gasteiger partial charge is 0.475 e. The second-order valence-electron chi connectivity index (χ2n) is 3.56. The van der Waals surface area contributed by atoms with Crippen LogP contribution in [0.1, 0.15) is 12.8 Å². The van der Waals surface area contributed by atoms with Crippen LogP contribution in [-0.4, -0.2) is 29.2 Å². The molecule has 1 fully saturated rings. The average Bonchev–Trinajstić information content (AvgIpc) is 2.80. The molecule has 0 spiro atoms. The molecule has 1 unspecified atom stereocenters. The van der Waals surface area contributed by atoms with Crippen LogP contribution < -0.4 is 4.74 Å². The lowest BCUT2D eigenvalue weighted by molar-refractivity contribution is -0.385. The maximum absolute atomic E-state index is 10.4. The maximum Gasteiger partial charge on any atom is 0.287 e. The summed E-state index contributed by atoms with van der Waals surface area (Å²) in [7, 11) is 0. The van der Waals surface area contributed by atoms with Gasteiger partial charge in [-0.05, 0) is 12.8 Å². The molecule has 16 heavy (non-hydrogen) atoms. The summed E-state index contributed by atoms with van der Waals surface area (Å²) in [4.78, 5) is 13.7. The summed E-state index contributed by atoms with van der Waals surface area (Å²) < 4.78 is 10.7. The fourth-order valence-electron chi connectivity index (χ4n) is 1.52. The van der Waals surface area contributed by atoms with Crippen LogP contribution in [0, 0.1) is 10.1 Å². The van der Waals surface area contributed by atoms with Crippen molar-refractivity contribution in [2.45, 2.75) is 18.9 Å². The lowest BCUT2D eigenvalue weighted by Gasteiger charge is -2.09. The van der Waals surface area contributed by atoms with Crippen LogP contribution in [0.3, 0.4) is 0 Å². The first-order valence-corrected chi connectivity index (χ1v) is 5.10. The molecular formula is C10H12N2O4. The van der Waals surface area contributed by atoms with E-state index >= 15 is 0 Å². The van der Waals surface area contributed by atoms with E-state index < -0.39 is 4.92 Å². The summed E-state index contributed by atoms with van der Waals surface area (Å²) in [6.45, 7) is 1.23. The first-order chi connectivity index (χ1) is 7.75. The van der Waals surface area contributed by atoms with E-state index in [1.165, 1.54) is 18.3 Å². The van der Waals surface area contributed by atoms with Gasteiger partial charge in [-0.15, -0.1) is 0 Å². The highest BCUT2D eigenvalue weighted by Crippen LogP contribution is 2.16. The van der Waals surface area contributed by atoms with E-state index in [1.54, 1.807) is 0 Å². The van der Waals surface area contributed by atoms with Crippen molar-refractivity contribution in [2.75, 3.05) is 13.2 Å². The highest BCUT2D eigenvalue weighted by Gasteiger charge is 2.16. The number of nitrogens with zero attached hydrogens (tertiary/aromatic N) is 2. The summed E-state index contributed by atoms with van der Waals surface area (Å²) in [5.41, 5.74) is -0.0375. The minimum atomic E-state index is -0.489. The van der Waals surface area contributed by atoms with Gasteiger partial charge in [0.25, 0.3) is 5.69 Å². The lowest BCUT2D eigenvalue weighted by atomic mass is 10.2. The summed E-state index contributed by atoms with van der Waals surface area (Å²) in [5.74, 6) is 0.390. The molecular weight excluding hydrogens is 212 g/mol. The number of pyridine rings is 1. The van der Waals surface area contributed by atoms with Gasteiger partial charge in [0.05, 0.1) is 11.0 Å². The van der Waals surface area contributed by atoms with Gasteiger partial charge in [-0.2, -0.15) is 0 Å². The van der Waals surface area contributed by atoms with Crippen LogP contribution in [0.2, 0.25) is 0 Å². The number of nitro groups is 1. The van der Waals surface area contributed by atoms with Crippen molar-refractivity contribution in [3.8, 4) is 5.88 Å². The Bertz CT molecular complexity index is 360. The van der Waals surface area contributed by atoms with Gasteiger partial charge in [0.1, 0.15) is 12.8 Å². The summed E-state index contributed by atoms with van der Waals surface area (Å²) in [5, 5.41) is 10.4. The Morgan fingerprint density at radius 3 is 3.06 bits per heavy atom. The minimum Gasteiger partial charge on any atom is -0.475 e. The van der Waals surface area contributed by atoms with Crippen molar-refractivity contribution in [2.24, 2.45) is 0 Å². The van der Waals surface area contributed by atoms with Crippen molar-refractivity contribution in [1.29, 1.82) is 0 Å². The fourth-order valence-corrected chi connectivity index (χ4v) is 1.52. The smallest absolute Gasteiger partial charge is 0.287 e. The van der Waals surface area contributed by atoms with E-state index in [0.717, 1.165) is 19.4 Å². The lowest BCUT2D eigenvalue weighted by Crippen LogP contribution is -2.16. The Labute approximate surface area is 92.3 Å². The minimum absolute atomic E-state index is 0.0375. The van der Waals surface area contributed by atoms with E-state index in [1.807, 2.05) is 0 Å². The summed E-state index contributed by atoms with van der Waals surface area (Å²) in [6.07, 6.45) is 3.36. The van der Waals surface area contributed by atoms with Crippen molar-refractivity contribution < 1.29 is 14.4 Å². The first-order valence-electron chi connectivity index (χ1n) is 5.10. The summed E-state index contributed by atoms with van der Waals surface area (Å²) >= 11 is 0. The Kier molecular flexibility index (Phi) is 3.31. The van der Waals surface area contributed by atoms with Crippen molar-refractivity contribution in [3.05, 3.63) is 28.4 Å². The molecule has 0 saturated carbocycles. The number of ether oxygens (including phenoxy) is 2. The molecule has 1 aliphatic rings. The van der Waals surface area contributed by atoms with Crippen LogP contribution in [-0.2, 0) is 4.74 Å². The quantitative estimate of drug-likeness (QED) is 0.573. The highest BCUT2D eigenvalue weighted by atomic mass is 16.6. The molecule has 1 saturated heterocycles. The number of rotatable bonds is 4. The molecule has 1 aliphatic heterocycles. The predicted molar refractivity (Wildman–Crippen MR) is 55.4 cm³/mol. The zero-order valence-electron chi connectivity index (χ0n) is 8.67. The third-order valence-electron chi connectivity index (χ3n) is 2.37. The molecule has 0 bridgehead atoms. The van der Waals surface area contributed by atoms with E-state index in [2.05, 4.69) is 4.98 Å². The molecule has 1 aromatic heterocycles. The van der Waals surface area contributed by atoms with Gasteiger partial charge in [-0.25, -0.2) is 4.98 Å². The molecule has 0 amide bonds. The van der Waals surface area contributed by atoms with Crippen molar-refractivity contribution in [3.63, 3.8) is 0 Å². The molecule has 6 nitrogen and oxygen atoms in total. The molecule has 0 aromatic carbocycles. The van der Waals surface area contributed by atoms with E-state index in [-0.39, 0.29) is 11.8 Å². The van der Waals surface area contributed by atoms with Gasteiger partial charge < -0.3 is 9.47 Å². The predicted octanol–water partition coefficient (Wildman–Crippen LogP) is 1.55. The Morgan fingerprint density at radius 2 is 2.50 bits per heavy atom. The molecule has 0 radical (unpaired) electrons. The van der Waals surface area contributed by atoms with Crippen LogP contribution in [0.25, 0.3) is 0 Å². The molecule has 2 rings (SSSR count). The second kappa shape index (κ2) is 4.89. The van der Waals surface area contributed by atoms with Crippen LogP contribution in [0.15, 0.2) is 18.3 Å². The first kappa shape index (κ1) is 10.8. The standard InChI is InChI=1S/C10H12N2O4/c13-12(14)8-3-4-10(11-6-8)16-7-9-2-1-5-15-9/h3-4,6,9H,1-2,5,7H2. The summed E-state index contributed by atoms with van der Waals surface area (Å²) in [6, 6.07) is 2.87. The van der Waals surface area contributed by atoms with Gasteiger partial charge >= 0.3 is 0 Å². The third-order valence-corrected chi connectivity index (χ3v) is 2.37. The van der Waals surface area contributed by atoms with Crippen molar-refractivity contribution >= 4 is 5.69 Å². The number of aromatic nitrogens is 1. The van der Waals surface area contributed by atoms with Crippen LogP contribution in [0.5, 0.6) is 5.88 Å². The van der Waals surface area contributed by atoms with Gasteiger partial charge in [0, 0.05) is 18.7 Å². The van der Waals surface area contributed by atoms with Crippen LogP contribution in [0.4, 0.5) is 5.69 Å². The topological polar surface area (TPSA) is 74.5 Å². The number of hydrogen-bond acceptors (Lipinski definition) is 5. The fraction of sp³-hybridized carbons (Fsp3) is 0.500. The third kappa shape index (κ3) is 2.66. The molecule has 0 N–H and O–H groups in total. The molecule has 1 aromatic rings. The van der Waals surface area contributed by atoms with Gasteiger partial charge in [0.2, 0.25) is 5.88 Å². The molecule has 0 aliphatic carbocycles. The second-order valence-corrected chi connectivity index (χ2v) is 3.56. The Balaban J connectivity index is 1.87. The normalized spacial score (nSPS) is 19.6. The van der Waals surface area contributed by atoms with E-state index in [4.69, 9.17) is 9.47 Å². The molecule has 6 heteroatoms.